The number of carbonyl (C=O) groups excluding carboxylic acids is 3. The molecule has 1 aliphatic rings. The molecule has 0 spiro atoms. The van der Waals surface area contributed by atoms with Crippen molar-refractivity contribution in [2.24, 2.45) is 0 Å². The fourth-order valence-corrected chi connectivity index (χ4v) is 2.02. The molecule has 1 heterocycles. The topological polar surface area (TPSA) is 90.3 Å². The van der Waals surface area contributed by atoms with Gasteiger partial charge in [-0.2, -0.15) is 5.26 Å². The maximum atomic E-state index is 12.0. The Morgan fingerprint density at radius 2 is 1.80 bits per heavy atom. The van der Waals surface area contributed by atoms with Gasteiger partial charge in [-0.05, 0) is 31.2 Å². The van der Waals surface area contributed by atoms with Gasteiger partial charge in [0.2, 0.25) is 17.7 Å². The molecule has 1 fully saturated rings. The van der Waals surface area contributed by atoms with Gasteiger partial charge in [0, 0.05) is 18.5 Å². The zero-order valence-corrected chi connectivity index (χ0v) is 10.9. The Balaban J connectivity index is 2.05. The molecule has 3 amide bonds. The number of benzene rings is 1. The van der Waals surface area contributed by atoms with E-state index in [1.54, 1.807) is 24.3 Å². The zero-order valence-electron chi connectivity index (χ0n) is 10.9. The Hall–Kier alpha value is -2.68. The van der Waals surface area contributed by atoms with Crippen molar-refractivity contribution in [3.05, 3.63) is 29.8 Å². The first-order valence-electron chi connectivity index (χ1n) is 6.19. The van der Waals surface area contributed by atoms with Crippen LogP contribution >= 0.6 is 0 Å². The normalized spacial score (nSPS) is 15.9. The van der Waals surface area contributed by atoms with Crippen molar-refractivity contribution in [2.75, 3.05) is 5.32 Å². The minimum atomic E-state index is -0.840. The number of hydrogen-bond donors (Lipinski definition) is 1. The van der Waals surface area contributed by atoms with Crippen molar-refractivity contribution < 1.29 is 14.4 Å². The first-order chi connectivity index (χ1) is 9.52. The van der Waals surface area contributed by atoms with E-state index in [4.69, 9.17) is 5.26 Å². The number of imide groups is 1. The summed E-state index contributed by atoms with van der Waals surface area (Å²) in [6, 6.07) is 7.48. The summed E-state index contributed by atoms with van der Waals surface area (Å²) >= 11 is 0. The van der Waals surface area contributed by atoms with Crippen LogP contribution in [0.2, 0.25) is 0 Å². The van der Waals surface area contributed by atoms with E-state index in [9.17, 15) is 14.4 Å². The molecule has 1 saturated heterocycles. The van der Waals surface area contributed by atoms with Crippen LogP contribution in [0.4, 0.5) is 5.69 Å². The Morgan fingerprint density at radius 3 is 2.30 bits per heavy atom. The highest BCUT2D eigenvalue weighted by Gasteiger charge is 2.36. The molecule has 1 unspecified atom stereocenters. The SMILES string of the molecule is CC(C(=O)Nc1ccc(C#N)cc1)N1C(=O)CCC1=O. The molecule has 102 valence electrons. The van der Waals surface area contributed by atoms with Crippen LogP contribution in [0.1, 0.15) is 25.3 Å². The first-order valence-corrected chi connectivity index (χ1v) is 6.19. The lowest BCUT2D eigenvalue weighted by molar-refractivity contribution is -0.144. The maximum absolute atomic E-state index is 12.0. The van der Waals surface area contributed by atoms with E-state index in [1.807, 2.05) is 6.07 Å². The Bertz CT molecular complexity index is 585. The average Bonchev–Trinajstić information content (AvgIpc) is 2.78. The highest BCUT2D eigenvalue weighted by Crippen LogP contribution is 2.17. The van der Waals surface area contributed by atoms with Crippen LogP contribution in [0.5, 0.6) is 0 Å². The summed E-state index contributed by atoms with van der Waals surface area (Å²) in [6.45, 7) is 1.51. The molecule has 1 atom stereocenters. The van der Waals surface area contributed by atoms with Crippen LogP contribution in [-0.2, 0) is 14.4 Å². The van der Waals surface area contributed by atoms with Crippen molar-refractivity contribution in [2.45, 2.75) is 25.8 Å². The lowest BCUT2D eigenvalue weighted by Crippen LogP contribution is -2.44. The molecule has 0 saturated carbocycles. The second kappa shape index (κ2) is 5.53. The third-order valence-corrected chi connectivity index (χ3v) is 3.14. The number of nitrogens with zero attached hydrogens (tertiary/aromatic N) is 2. The molecule has 20 heavy (non-hydrogen) atoms. The highest BCUT2D eigenvalue weighted by atomic mass is 16.2. The van der Waals surface area contributed by atoms with Crippen LogP contribution in [0.15, 0.2) is 24.3 Å². The van der Waals surface area contributed by atoms with Gasteiger partial charge in [0.1, 0.15) is 6.04 Å². The monoisotopic (exact) mass is 271 g/mol. The number of nitriles is 1. The van der Waals surface area contributed by atoms with Gasteiger partial charge in [0.05, 0.1) is 11.6 Å². The van der Waals surface area contributed by atoms with Gasteiger partial charge in [-0.3, -0.25) is 19.3 Å². The van der Waals surface area contributed by atoms with Crippen LogP contribution in [0.3, 0.4) is 0 Å². The van der Waals surface area contributed by atoms with Gasteiger partial charge in [-0.15, -0.1) is 0 Å². The van der Waals surface area contributed by atoms with Crippen molar-refractivity contribution in [1.82, 2.24) is 4.90 Å². The molecule has 2 rings (SSSR count). The summed E-state index contributed by atoms with van der Waals surface area (Å²) in [4.78, 5) is 36.1. The summed E-state index contributed by atoms with van der Waals surface area (Å²) in [5.74, 6) is -1.08. The van der Waals surface area contributed by atoms with Gasteiger partial charge in [-0.25, -0.2) is 0 Å². The summed E-state index contributed by atoms with van der Waals surface area (Å²) < 4.78 is 0. The van der Waals surface area contributed by atoms with Crippen molar-refractivity contribution in [1.29, 1.82) is 5.26 Å². The molecule has 6 heteroatoms. The third kappa shape index (κ3) is 2.67. The lowest BCUT2D eigenvalue weighted by Gasteiger charge is -2.21. The van der Waals surface area contributed by atoms with Crippen LogP contribution < -0.4 is 5.32 Å². The number of hydrogen-bond acceptors (Lipinski definition) is 4. The van der Waals surface area contributed by atoms with E-state index >= 15 is 0 Å². The number of amides is 3. The number of rotatable bonds is 3. The van der Waals surface area contributed by atoms with E-state index in [0.29, 0.717) is 11.3 Å². The minimum absolute atomic E-state index is 0.160. The smallest absolute Gasteiger partial charge is 0.247 e. The van der Waals surface area contributed by atoms with Crippen LogP contribution in [-0.4, -0.2) is 28.7 Å². The molecule has 0 aromatic heterocycles. The summed E-state index contributed by atoms with van der Waals surface area (Å²) in [7, 11) is 0. The third-order valence-electron chi connectivity index (χ3n) is 3.14. The van der Waals surface area contributed by atoms with E-state index in [0.717, 1.165) is 4.90 Å². The fraction of sp³-hybridized carbons (Fsp3) is 0.286. The molecular formula is C14H13N3O3. The Labute approximate surface area is 116 Å². The standard InChI is InChI=1S/C14H13N3O3/c1-9(17-12(18)6-7-13(17)19)14(20)16-11-4-2-10(8-15)3-5-11/h2-5,9H,6-7H2,1H3,(H,16,20). The highest BCUT2D eigenvalue weighted by molar-refractivity contribution is 6.07. The second-order valence-electron chi connectivity index (χ2n) is 4.51. The predicted molar refractivity (Wildman–Crippen MR) is 70.3 cm³/mol. The Morgan fingerprint density at radius 1 is 1.25 bits per heavy atom. The number of carbonyl (C=O) groups is 3. The van der Waals surface area contributed by atoms with Gasteiger partial charge in [0.15, 0.2) is 0 Å². The Kier molecular flexibility index (Phi) is 3.80. The molecule has 0 radical (unpaired) electrons. The molecule has 1 aromatic rings. The average molecular weight is 271 g/mol. The van der Waals surface area contributed by atoms with E-state index in [-0.39, 0.29) is 24.7 Å². The fourth-order valence-electron chi connectivity index (χ4n) is 2.02. The van der Waals surface area contributed by atoms with E-state index < -0.39 is 11.9 Å². The number of anilines is 1. The van der Waals surface area contributed by atoms with Crippen molar-refractivity contribution >= 4 is 23.4 Å². The largest absolute Gasteiger partial charge is 0.324 e. The second-order valence-corrected chi connectivity index (χ2v) is 4.51. The summed E-state index contributed by atoms with van der Waals surface area (Å²) in [6.07, 6.45) is 0.320. The van der Waals surface area contributed by atoms with E-state index in [2.05, 4.69) is 5.32 Å². The minimum Gasteiger partial charge on any atom is -0.324 e. The zero-order chi connectivity index (χ0) is 14.7. The molecule has 6 nitrogen and oxygen atoms in total. The molecule has 1 aliphatic heterocycles. The summed E-state index contributed by atoms with van der Waals surface area (Å²) in [5.41, 5.74) is 1.00. The molecule has 1 aromatic carbocycles. The van der Waals surface area contributed by atoms with Gasteiger partial charge < -0.3 is 5.32 Å². The van der Waals surface area contributed by atoms with Crippen LogP contribution in [0.25, 0.3) is 0 Å². The molecule has 1 N–H and O–H groups in total. The van der Waals surface area contributed by atoms with E-state index in [1.165, 1.54) is 6.92 Å². The number of likely N-dealkylation sites (tertiary alicyclic amines) is 1. The first kappa shape index (κ1) is 13.7. The summed E-state index contributed by atoms with van der Waals surface area (Å²) in [5, 5.41) is 11.3. The van der Waals surface area contributed by atoms with Crippen LogP contribution in [0, 0.1) is 11.3 Å². The van der Waals surface area contributed by atoms with Gasteiger partial charge in [-0.1, -0.05) is 0 Å². The lowest BCUT2D eigenvalue weighted by atomic mass is 10.2. The molecule has 0 aliphatic carbocycles. The maximum Gasteiger partial charge on any atom is 0.247 e. The van der Waals surface area contributed by atoms with Gasteiger partial charge in [0.25, 0.3) is 0 Å². The quantitative estimate of drug-likeness (QED) is 0.831. The predicted octanol–water partition coefficient (Wildman–Crippen LogP) is 1.03. The van der Waals surface area contributed by atoms with Crippen molar-refractivity contribution in [3.8, 4) is 6.07 Å². The molecule has 0 bridgehead atoms. The van der Waals surface area contributed by atoms with Gasteiger partial charge >= 0.3 is 0 Å². The van der Waals surface area contributed by atoms with Crippen molar-refractivity contribution in [3.63, 3.8) is 0 Å². The number of nitrogens with one attached hydrogen (secondary N) is 1. The molecular weight excluding hydrogens is 258 g/mol.